The first kappa shape index (κ1) is 23.7. The van der Waals surface area contributed by atoms with Crippen molar-refractivity contribution in [3.63, 3.8) is 0 Å². The second kappa shape index (κ2) is 8.78. The maximum Gasteiger partial charge on any atom is 0.147 e. The summed E-state index contributed by atoms with van der Waals surface area (Å²) in [5.74, 6) is 0. The molecule has 0 aromatic heterocycles. The molecule has 0 amide bonds. The van der Waals surface area contributed by atoms with Crippen molar-refractivity contribution in [1.29, 1.82) is 0 Å². The molecule has 0 saturated heterocycles. The first-order valence-corrected chi connectivity index (χ1v) is 16.9. The molecule has 0 radical (unpaired) electrons. The Balaban J connectivity index is 1.42. The molecular formula is C39H31OP. The average molecular weight is 547 g/mol. The summed E-state index contributed by atoms with van der Waals surface area (Å²) in [7, 11) is -3.04. The van der Waals surface area contributed by atoms with Gasteiger partial charge in [0.05, 0.1) is 0 Å². The van der Waals surface area contributed by atoms with E-state index >= 15 is 4.57 Å². The lowest BCUT2D eigenvalue weighted by Gasteiger charge is -2.31. The molecule has 0 bridgehead atoms. The lowest BCUT2D eigenvalue weighted by Crippen LogP contribution is -2.27. The second-order valence-corrected chi connectivity index (χ2v) is 15.2. The zero-order valence-corrected chi connectivity index (χ0v) is 24.0. The molecule has 1 saturated carbocycles. The third-order valence-corrected chi connectivity index (χ3v) is 13.8. The van der Waals surface area contributed by atoms with Crippen LogP contribution in [0.2, 0.25) is 0 Å². The highest BCUT2D eigenvalue weighted by atomic mass is 31.2. The Hall–Kier alpha value is -3.93. The molecule has 1 aliphatic rings. The van der Waals surface area contributed by atoms with E-state index in [1.54, 1.807) is 0 Å². The molecule has 0 atom stereocenters. The average Bonchev–Trinajstić information content (AvgIpc) is 3.32. The number of rotatable bonds is 3. The quantitative estimate of drug-likeness (QED) is 0.122. The molecule has 0 unspecified atom stereocenters. The van der Waals surface area contributed by atoms with E-state index in [2.05, 4.69) is 109 Å². The molecule has 8 aromatic rings. The Morgan fingerprint density at radius 1 is 0.415 bits per heavy atom. The van der Waals surface area contributed by atoms with E-state index in [4.69, 9.17) is 0 Å². The Morgan fingerprint density at radius 2 is 0.780 bits per heavy atom. The summed E-state index contributed by atoms with van der Waals surface area (Å²) in [6.07, 6.45) is 6.86. The van der Waals surface area contributed by atoms with Gasteiger partial charge in [-0.25, -0.2) is 0 Å². The minimum absolute atomic E-state index is 0.155. The summed E-state index contributed by atoms with van der Waals surface area (Å²) in [4.78, 5) is 0. The topological polar surface area (TPSA) is 17.1 Å². The van der Waals surface area contributed by atoms with Gasteiger partial charge in [-0.3, -0.25) is 0 Å². The van der Waals surface area contributed by atoms with Crippen LogP contribution in [0.1, 0.15) is 38.5 Å². The van der Waals surface area contributed by atoms with Gasteiger partial charge < -0.3 is 4.57 Å². The molecule has 2 heteroatoms. The van der Waals surface area contributed by atoms with Gasteiger partial charge in [-0.05, 0) is 89.6 Å². The Bertz CT molecular complexity index is 2120. The van der Waals surface area contributed by atoms with Crippen LogP contribution in [0, 0.1) is 0 Å². The van der Waals surface area contributed by atoms with Crippen LogP contribution >= 0.6 is 7.14 Å². The van der Waals surface area contributed by atoms with Crippen molar-refractivity contribution in [2.24, 2.45) is 0 Å². The molecule has 0 aliphatic heterocycles. The molecule has 1 aliphatic carbocycles. The highest BCUT2D eigenvalue weighted by Crippen LogP contribution is 2.57. The molecule has 198 valence electrons. The summed E-state index contributed by atoms with van der Waals surface area (Å²) in [6.45, 7) is 0. The van der Waals surface area contributed by atoms with Crippen molar-refractivity contribution in [1.82, 2.24) is 0 Å². The van der Waals surface area contributed by atoms with Crippen LogP contribution < -0.4 is 10.6 Å². The molecular weight excluding hydrogens is 515 g/mol. The molecule has 0 spiro atoms. The van der Waals surface area contributed by atoms with Gasteiger partial charge in [-0.15, -0.1) is 0 Å². The molecule has 0 heterocycles. The standard InChI is InChI=1S/C39H31OP/c40-41(31-11-3-1-2-4-12-31,34-23-19-29-15-13-25-7-5-9-27-17-21-32(34)38(29)36(25)27)35-24-20-30-16-14-26-8-6-10-28-18-22-33(35)39(30)37(26)28/h5-10,13-24,31H,1-4,11-12H2. The van der Waals surface area contributed by atoms with Crippen molar-refractivity contribution >= 4 is 82.4 Å². The van der Waals surface area contributed by atoms with Crippen molar-refractivity contribution < 1.29 is 4.57 Å². The first-order valence-electron chi connectivity index (χ1n) is 15.2. The van der Waals surface area contributed by atoms with Crippen LogP contribution in [0.15, 0.2) is 109 Å². The van der Waals surface area contributed by atoms with Crippen LogP contribution in [0.5, 0.6) is 0 Å². The van der Waals surface area contributed by atoms with Crippen LogP contribution in [0.25, 0.3) is 64.6 Å². The van der Waals surface area contributed by atoms with Crippen molar-refractivity contribution in [3.8, 4) is 0 Å². The van der Waals surface area contributed by atoms with Gasteiger partial charge >= 0.3 is 0 Å². The molecule has 0 N–H and O–H groups in total. The SMILES string of the molecule is O=P(c1ccc2ccc3cccc4ccc1c2c34)(c1ccc2ccc3cccc4ccc1c2c34)C1CCCCCC1. The molecule has 41 heavy (non-hydrogen) atoms. The van der Waals surface area contributed by atoms with Crippen LogP contribution in [-0.4, -0.2) is 5.66 Å². The summed E-state index contributed by atoms with van der Waals surface area (Å²) in [5.41, 5.74) is 0.155. The van der Waals surface area contributed by atoms with E-state index in [-0.39, 0.29) is 5.66 Å². The number of benzene rings is 8. The summed E-state index contributed by atoms with van der Waals surface area (Å²) >= 11 is 0. The first-order chi connectivity index (χ1) is 20.2. The third-order valence-electron chi connectivity index (χ3n) is 10.1. The normalized spacial score (nSPS) is 15.7. The zero-order chi connectivity index (χ0) is 27.1. The van der Waals surface area contributed by atoms with Gasteiger partial charge in [0, 0.05) is 16.3 Å². The van der Waals surface area contributed by atoms with Crippen LogP contribution in [0.4, 0.5) is 0 Å². The van der Waals surface area contributed by atoms with Crippen LogP contribution in [-0.2, 0) is 4.57 Å². The lowest BCUT2D eigenvalue weighted by molar-refractivity contribution is 0.566. The van der Waals surface area contributed by atoms with Gasteiger partial charge in [0.15, 0.2) is 0 Å². The molecule has 9 rings (SSSR count). The van der Waals surface area contributed by atoms with Gasteiger partial charge in [0.25, 0.3) is 0 Å². The fourth-order valence-corrected chi connectivity index (χ4v) is 12.0. The van der Waals surface area contributed by atoms with Gasteiger partial charge in [0.2, 0.25) is 0 Å². The van der Waals surface area contributed by atoms with E-state index in [0.717, 1.165) is 36.3 Å². The predicted octanol–water partition coefficient (Wildman–Crippen LogP) is 10.5. The Kier molecular flexibility index (Phi) is 5.09. The van der Waals surface area contributed by atoms with E-state index in [1.165, 1.54) is 77.5 Å². The largest absolute Gasteiger partial charge is 0.313 e. The second-order valence-electron chi connectivity index (χ2n) is 12.2. The van der Waals surface area contributed by atoms with Crippen molar-refractivity contribution in [2.75, 3.05) is 0 Å². The van der Waals surface area contributed by atoms with E-state index in [0.29, 0.717) is 0 Å². The highest BCUT2D eigenvalue weighted by Gasteiger charge is 2.39. The zero-order valence-electron chi connectivity index (χ0n) is 23.1. The number of hydrogen-bond donors (Lipinski definition) is 0. The molecule has 1 fully saturated rings. The van der Waals surface area contributed by atoms with Crippen molar-refractivity contribution in [2.45, 2.75) is 44.2 Å². The third kappa shape index (κ3) is 3.27. The predicted molar refractivity (Wildman–Crippen MR) is 179 cm³/mol. The maximum atomic E-state index is 16.4. The van der Waals surface area contributed by atoms with E-state index < -0.39 is 7.14 Å². The monoisotopic (exact) mass is 546 g/mol. The highest BCUT2D eigenvalue weighted by molar-refractivity contribution is 7.80. The Labute approximate surface area is 239 Å². The van der Waals surface area contributed by atoms with Crippen LogP contribution in [0.3, 0.4) is 0 Å². The fourth-order valence-electron chi connectivity index (χ4n) is 8.16. The molecule has 8 aromatic carbocycles. The van der Waals surface area contributed by atoms with Gasteiger partial charge in [-0.2, -0.15) is 0 Å². The smallest absolute Gasteiger partial charge is 0.147 e. The van der Waals surface area contributed by atoms with E-state index in [9.17, 15) is 0 Å². The Morgan fingerprint density at radius 3 is 1.22 bits per heavy atom. The molecule has 1 nitrogen and oxygen atoms in total. The van der Waals surface area contributed by atoms with Gasteiger partial charge in [-0.1, -0.05) is 123 Å². The summed E-state index contributed by atoms with van der Waals surface area (Å²) < 4.78 is 16.4. The summed E-state index contributed by atoms with van der Waals surface area (Å²) in [5, 5.41) is 17.1. The maximum absolute atomic E-state index is 16.4. The van der Waals surface area contributed by atoms with Crippen molar-refractivity contribution in [3.05, 3.63) is 109 Å². The van der Waals surface area contributed by atoms with Gasteiger partial charge in [0.1, 0.15) is 7.14 Å². The fraction of sp³-hybridized carbons (Fsp3) is 0.179. The summed E-state index contributed by atoms with van der Waals surface area (Å²) in [6, 6.07) is 40.0. The lowest BCUT2D eigenvalue weighted by atomic mass is 9.94. The van der Waals surface area contributed by atoms with E-state index in [1.807, 2.05) is 0 Å². The minimum atomic E-state index is -3.04. The minimum Gasteiger partial charge on any atom is -0.313 e. The number of hydrogen-bond acceptors (Lipinski definition) is 1.